The van der Waals surface area contributed by atoms with Gasteiger partial charge in [-0.15, -0.1) is 11.3 Å². The number of Topliss-reactive ketones (excluding diaryl/α,β-unsaturated/α-hetero) is 1. The van der Waals surface area contributed by atoms with Crippen molar-refractivity contribution in [1.82, 2.24) is 20.2 Å². The van der Waals surface area contributed by atoms with Crippen LogP contribution >= 0.6 is 11.3 Å². The number of hydrogen-bond donors (Lipinski definition) is 2. The quantitative estimate of drug-likeness (QED) is 0.511. The first kappa shape index (κ1) is 17.2. The molecule has 1 saturated heterocycles. The molecule has 4 aromatic rings. The van der Waals surface area contributed by atoms with E-state index in [9.17, 15) is 9.90 Å². The molecular weight excluding hydrogens is 378 g/mol. The number of aromatic nitrogens is 4. The van der Waals surface area contributed by atoms with Crippen LogP contribution in [-0.2, 0) is 4.74 Å². The molecule has 0 atom stereocenters. The first-order chi connectivity index (χ1) is 13.7. The fraction of sp³-hybridized carbons (Fsp3) is 0.263. The topological polar surface area (TPSA) is 104 Å². The minimum absolute atomic E-state index is 0.311. The zero-order valence-electron chi connectivity index (χ0n) is 14.9. The van der Waals surface area contributed by atoms with Crippen molar-refractivity contribution in [2.75, 3.05) is 37.8 Å². The minimum atomic E-state index is -0.520. The maximum atomic E-state index is 12.0. The van der Waals surface area contributed by atoms with Crippen molar-refractivity contribution in [3.8, 4) is 11.4 Å². The highest BCUT2D eigenvalue weighted by Gasteiger charge is 2.22. The summed E-state index contributed by atoms with van der Waals surface area (Å²) in [6.07, 6.45) is 1.76. The Balaban J connectivity index is 1.73. The van der Waals surface area contributed by atoms with Crippen molar-refractivity contribution in [3.05, 3.63) is 35.3 Å². The predicted molar refractivity (Wildman–Crippen MR) is 107 cm³/mol. The molecule has 0 spiro atoms. The smallest absolute Gasteiger partial charge is 0.198 e. The van der Waals surface area contributed by atoms with Crippen LogP contribution in [0.15, 0.2) is 30.5 Å². The summed E-state index contributed by atoms with van der Waals surface area (Å²) in [5.74, 6) is 1.07. The number of carbonyl (C=O) groups is 1. The van der Waals surface area contributed by atoms with E-state index in [0.29, 0.717) is 29.4 Å². The van der Waals surface area contributed by atoms with Crippen LogP contribution in [0.25, 0.3) is 32.5 Å². The van der Waals surface area contributed by atoms with Gasteiger partial charge in [0.2, 0.25) is 0 Å². The Bertz CT molecular complexity index is 1180. The van der Waals surface area contributed by atoms with Crippen molar-refractivity contribution in [3.63, 3.8) is 0 Å². The van der Waals surface area contributed by atoms with Crippen LogP contribution in [0.1, 0.15) is 9.67 Å². The number of fused-ring (bicyclic) bond motifs is 2. The Morgan fingerprint density at radius 3 is 2.96 bits per heavy atom. The number of nitrogens with zero attached hydrogens (tertiary/aromatic N) is 4. The van der Waals surface area contributed by atoms with Crippen molar-refractivity contribution >= 4 is 44.1 Å². The van der Waals surface area contributed by atoms with Gasteiger partial charge in [0.25, 0.3) is 0 Å². The standard InChI is InChI=1S/C19H17N5O3S/c25-10-15(26)16-8-14-17(28-16)19(24-4-6-27-7-5-24)22-18(21-14)11-2-1-3-13-12(11)9-20-23-13/h1-3,8-9,25H,4-7,10H2,(H,20,23). The van der Waals surface area contributed by atoms with E-state index in [1.807, 2.05) is 18.2 Å². The van der Waals surface area contributed by atoms with Gasteiger partial charge in [-0.05, 0) is 12.1 Å². The zero-order valence-corrected chi connectivity index (χ0v) is 15.7. The zero-order chi connectivity index (χ0) is 19.1. The van der Waals surface area contributed by atoms with Gasteiger partial charge < -0.3 is 14.7 Å². The third kappa shape index (κ3) is 2.84. The van der Waals surface area contributed by atoms with Gasteiger partial charge in [-0.3, -0.25) is 9.89 Å². The first-order valence-electron chi connectivity index (χ1n) is 8.95. The average Bonchev–Trinajstić information content (AvgIpc) is 3.39. The molecule has 2 N–H and O–H groups in total. The summed E-state index contributed by atoms with van der Waals surface area (Å²) < 4.78 is 6.32. The lowest BCUT2D eigenvalue weighted by Gasteiger charge is -2.28. The van der Waals surface area contributed by atoms with Crippen molar-refractivity contribution in [2.45, 2.75) is 0 Å². The van der Waals surface area contributed by atoms with Crippen LogP contribution in [0.5, 0.6) is 0 Å². The molecule has 1 aliphatic heterocycles. The summed E-state index contributed by atoms with van der Waals surface area (Å²) >= 11 is 1.32. The highest BCUT2D eigenvalue weighted by atomic mass is 32.1. The number of thiophene rings is 1. The van der Waals surface area contributed by atoms with Gasteiger partial charge >= 0.3 is 0 Å². The van der Waals surface area contributed by atoms with Crippen molar-refractivity contribution < 1.29 is 14.6 Å². The first-order valence-corrected chi connectivity index (χ1v) is 9.77. The second-order valence-corrected chi connectivity index (χ2v) is 7.57. The number of H-pyrrole nitrogens is 1. The normalized spacial score (nSPS) is 14.8. The molecular formula is C19H17N5O3S. The number of benzene rings is 1. The van der Waals surface area contributed by atoms with E-state index in [2.05, 4.69) is 15.1 Å². The largest absolute Gasteiger partial charge is 0.388 e. The number of anilines is 1. The molecule has 28 heavy (non-hydrogen) atoms. The molecule has 3 aromatic heterocycles. The van der Waals surface area contributed by atoms with Crippen LogP contribution in [0, 0.1) is 0 Å². The molecule has 0 unspecified atom stereocenters. The highest BCUT2D eigenvalue weighted by molar-refractivity contribution is 7.21. The van der Waals surface area contributed by atoms with E-state index >= 15 is 0 Å². The van der Waals surface area contributed by atoms with Crippen LogP contribution in [0.4, 0.5) is 5.82 Å². The minimum Gasteiger partial charge on any atom is -0.388 e. The third-order valence-electron chi connectivity index (χ3n) is 4.81. The molecule has 1 aliphatic rings. The Kier molecular flexibility index (Phi) is 4.27. The van der Waals surface area contributed by atoms with Gasteiger partial charge in [0.05, 0.1) is 40.0 Å². The van der Waals surface area contributed by atoms with Gasteiger partial charge in [0, 0.05) is 24.0 Å². The number of rotatable bonds is 4. The summed E-state index contributed by atoms with van der Waals surface area (Å²) in [6.45, 7) is 2.19. The summed E-state index contributed by atoms with van der Waals surface area (Å²) in [5.41, 5.74) is 2.49. The van der Waals surface area contributed by atoms with E-state index in [-0.39, 0.29) is 5.78 Å². The third-order valence-corrected chi connectivity index (χ3v) is 5.97. The van der Waals surface area contributed by atoms with Crippen molar-refractivity contribution in [2.24, 2.45) is 0 Å². The molecule has 5 rings (SSSR count). The number of nitrogens with one attached hydrogen (secondary N) is 1. The summed E-state index contributed by atoms with van der Waals surface area (Å²) in [4.78, 5) is 24.3. The SMILES string of the molecule is O=C(CO)c1cc2nc(-c3cccc4[nH]ncc34)nc(N3CCOCC3)c2s1. The maximum Gasteiger partial charge on any atom is 0.198 e. The Morgan fingerprint density at radius 2 is 2.14 bits per heavy atom. The summed E-state index contributed by atoms with van der Waals surface area (Å²) in [7, 11) is 0. The Hall–Kier alpha value is -2.88. The molecule has 8 nitrogen and oxygen atoms in total. The molecule has 1 aromatic carbocycles. The molecule has 0 aliphatic carbocycles. The van der Waals surface area contributed by atoms with Gasteiger partial charge in [-0.2, -0.15) is 5.10 Å². The fourth-order valence-corrected chi connectivity index (χ4v) is 4.45. The molecule has 0 saturated carbocycles. The number of ketones is 1. The molecule has 1 fully saturated rings. The molecule has 0 radical (unpaired) electrons. The maximum absolute atomic E-state index is 12.0. The lowest BCUT2D eigenvalue weighted by Crippen LogP contribution is -2.36. The molecule has 142 valence electrons. The van der Waals surface area contributed by atoms with Crippen LogP contribution in [-0.4, -0.2) is 64.0 Å². The number of morpholine rings is 1. The number of aliphatic hydroxyl groups is 1. The van der Waals surface area contributed by atoms with E-state index in [1.54, 1.807) is 12.3 Å². The number of hydrogen-bond acceptors (Lipinski definition) is 8. The summed E-state index contributed by atoms with van der Waals surface area (Å²) in [5, 5.41) is 17.3. The lowest BCUT2D eigenvalue weighted by atomic mass is 10.1. The Morgan fingerprint density at radius 1 is 1.29 bits per heavy atom. The molecule has 4 heterocycles. The number of ether oxygens (including phenoxy) is 1. The average molecular weight is 395 g/mol. The molecule has 0 amide bonds. The van der Waals surface area contributed by atoms with E-state index in [0.717, 1.165) is 40.1 Å². The monoisotopic (exact) mass is 395 g/mol. The molecule has 9 heteroatoms. The second kappa shape index (κ2) is 6.93. The van der Waals surface area contributed by atoms with Crippen LogP contribution < -0.4 is 4.90 Å². The highest BCUT2D eigenvalue weighted by Crippen LogP contribution is 2.35. The van der Waals surface area contributed by atoms with Crippen LogP contribution in [0.3, 0.4) is 0 Å². The second-order valence-electron chi connectivity index (χ2n) is 6.51. The van der Waals surface area contributed by atoms with Crippen LogP contribution in [0.2, 0.25) is 0 Å². The summed E-state index contributed by atoms with van der Waals surface area (Å²) in [6, 6.07) is 7.60. The van der Waals surface area contributed by atoms with E-state index in [1.165, 1.54) is 11.3 Å². The van der Waals surface area contributed by atoms with Crippen molar-refractivity contribution in [1.29, 1.82) is 0 Å². The number of carbonyl (C=O) groups excluding carboxylic acids is 1. The van der Waals surface area contributed by atoms with E-state index in [4.69, 9.17) is 14.7 Å². The van der Waals surface area contributed by atoms with Gasteiger partial charge in [-0.25, -0.2) is 9.97 Å². The van der Waals surface area contributed by atoms with Gasteiger partial charge in [0.1, 0.15) is 6.61 Å². The predicted octanol–water partition coefficient (Wildman–Crippen LogP) is 2.25. The number of aliphatic hydroxyl groups excluding tert-OH is 1. The van der Waals surface area contributed by atoms with Gasteiger partial charge in [-0.1, -0.05) is 12.1 Å². The van der Waals surface area contributed by atoms with Gasteiger partial charge in [0.15, 0.2) is 17.4 Å². The number of aromatic amines is 1. The molecule has 0 bridgehead atoms. The van der Waals surface area contributed by atoms with E-state index < -0.39 is 6.61 Å². The lowest BCUT2D eigenvalue weighted by molar-refractivity contribution is 0.0908. The fourth-order valence-electron chi connectivity index (χ4n) is 3.40. The Labute approximate surface area is 163 Å².